The highest BCUT2D eigenvalue weighted by Gasteiger charge is 2.53. The SMILES string of the molecule is Cc1cccc(N2C[C@@](O)(c3ccc(Cl)cc3)[N+]3=C2SCCC3)c1. The smallest absolute Gasteiger partial charge is 0.316 e. The maximum Gasteiger partial charge on any atom is 0.316 e. The van der Waals surface area contributed by atoms with Crippen LogP contribution >= 0.6 is 23.4 Å². The number of thioether (sulfide) groups is 1. The summed E-state index contributed by atoms with van der Waals surface area (Å²) in [5.74, 6) is 1.09. The molecule has 0 saturated heterocycles. The van der Waals surface area contributed by atoms with E-state index in [0.717, 1.165) is 35.1 Å². The van der Waals surface area contributed by atoms with Gasteiger partial charge in [0.15, 0.2) is 6.54 Å². The summed E-state index contributed by atoms with van der Waals surface area (Å²) in [6, 6.07) is 16.0. The van der Waals surface area contributed by atoms with Crippen LogP contribution in [0.1, 0.15) is 17.5 Å². The van der Waals surface area contributed by atoms with E-state index in [4.69, 9.17) is 11.6 Å². The number of aliphatic hydroxyl groups is 1. The average molecular weight is 360 g/mol. The van der Waals surface area contributed by atoms with Crippen molar-refractivity contribution in [3.63, 3.8) is 0 Å². The Morgan fingerprint density at radius 2 is 2.00 bits per heavy atom. The Morgan fingerprint density at radius 1 is 1.21 bits per heavy atom. The average Bonchev–Trinajstić information content (AvgIpc) is 2.90. The number of benzene rings is 2. The van der Waals surface area contributed by atoms with E-state index >= 15 is 0 Å². The number of amidine groups is 1. The maximum atomic E-state index is 11.6. The number of nitrogens with zero attached hydrogens (tertiary/aromatic N) is 2. The summed E-state index contributed by atoms with van der Waals surface area (Å²) in [7, 11) is 0. The highest BCUT2D eigenvalue weighted by atomic mass is 35.5. The second-order valence-electron chi connectivity index (χ2n) is 6.38. The fourth-order valence-electron chi connectivity index (χ4n) is 3.46. The van der Waals surface area contributed by atoms with Gasteiger partial charge >= 0.3 is 5.17 Å². The van der Waals surface area contributed by atoms with Crippen LogP contribution in [0.3, 0.4) is 0 Å². The van der Waals surface area contributed by atoms with Crippen LogP contribution in [0.5, 0.6) is 0 Å². The molecule has 0 aromatic heterocycles. The van der Waals surface area contributed by atoms with Crippen LogP contribution in [0.4, 0.5) is 5.69 Å². The van der Waals surface area contributed by atoms with Gasteiger partial charge in [-0.05, 0) is 54.9 Å². The Labute approximate surface area is 151 Å². The van der Waals surface area contributed by atoms with Crippen LogP contribution in [0, 0.1) is 6.92 Å². The van der Waals surface area contributed by atoms with E-state index in [-0.39, 0.29) is 0 Å². The topological polar surface area (TPSA) is 26.5 Å². The molecule has 0 bridgehead atoms. The highest BCUT2D eigenvalue weighted by molar-refractivity contribution is 8.13. The number of hydrogen-bond acceptors (Lipinski definition) is 3. The van der Waals surface area contributed by atoms with E-state index in [1.165, 1.54) is 5.56 Å². The molecule has 0 radical (unpaired) electrons. The highest BCUT2D eigenvalue weighted by Crippen LogP contribution is 2.37. The van der Waals surface area contributed by atoms with E-state index < -0.39 is 5.72 Å². The van der Waals surface area contributed by atoms with E-state index in [0.29, 0.717) is 11.6 Å². The van der Waals surface area contributed by atoms with E-state index in [1.54, 1.807) is 0 Å². The van der Waals surface area contributed by atoms with E-state index in [1.807, 2.05) is 36.0 Å². The van der Waals surface area contributed by atoms with Gasteiger partial charge in [0, 0.05) is 16.3 Å². The lowest BCUT2D eigenvalue weighted by Crippen LogP contribution is -2.41. The zero-order valence-electron chi connectivity index (χ0n) is 13.6. The number of rotatable bonds is 2. The van der Waals surface area contributed by atoms with Crippen molar-refractivity contribution in [2.24, 2.45) is 0 Å². The van der Waals surface area contributed by atoms with Crippen molar-refractivity contribution in [3.05, 3.63) is 64.7 Å². The molecule has 0 fully saturated rings. The van der Waals surface area contributed by atoms with Crippen LogP contribution in [0.25, 0.3) is 0 Å². The summed E-state index contributed by atoms with van der Waals surface area (Å²) < 4.78 is 2.15. The first-order chi connectivity index (χ1) is 11.6. The van der Waals surface area contributed by atoms with Gasteiger partial charge in [-0.3, -0.25) is 0 Å². The number of anilines is 1. The lowest BCUT2D eigenvalue weighted by molar-refractivity contribution is -0.656. The van der Waals surface area contributed by atoms with Crippen LogP contribution < -0.4 is 4.90 Å². The zero-order chi connectivity index (χ0) is 16.7. The van der Waals surface area contributed by atoms with Crippen molar-refractivity contribution in [2.45, 2.75) is 19.1 Å². The molecule has 0 saturated carbocycles. The number of halogens is 1. The standard InChI is InChI=1S/C19H20ClN2OS/c1-14-4-2-5-17(12-14)21-13-19(23,15-6-8-16(20)9-7-15)22-10-3-11-24-18(21)22/h2,4-9,12,23H,3,10-11,13H2,1H3/q+1/t19-/m1/s1. The van der Waals surface area contributed by atoms with Crippen molar-refractivity contribution in [1.82, 2.24) is 0 Å². The molecule has 1 N–H and O–H groups in total. The molecule has 2 aliphatic rings. The van der Waals surface area contributed by atoms with Crippen molar-refractivity contribution < 1.29 is 9.68 Å². The number of β-amino-alcohol motifs (C(OH)–C–C–N with tert-alkyl or cyclic N) is 1. The summed E-state index contributed by atoms with van der Waals surface area (Å²) in [6.07, 6.45) is 1.08. The first kappa shape index (κ1) is 16.0. The zero-order valence-corrected chi connectivity index (χ0v) is 15.1. The molecule has 4 rings (SSSR count). The second kappa shape index (κ2) is 6.10. The fraction of sp³-hybridized carbons (Fsp3) is 0.316. The monoisotopic (exact) mass is 359 g/mol. The summed E-state index contributed by atoms with van der Waals surface area (Å²) in [4.78, 5) is 2.24. The number of aryl methyl sites for hydroxylation is 1. The lowest BCUT2D eigenvalue weighted by atomic mass is 10.0. The van der Waals surface area contributed by atoms with Crippen molar-refractivity contribution in [3.8, 4) is 0 Å². The van der Waals surface area contributed by atoms with E-state index in [9.17, 15) is 5.11 Å². The van der Waals surface area contributed by atoms with Crippen molar-refractivity contribution >= 4 is 34.2 Å². The molecule has 24 heavy (non-hydrogen) atoms. The van der Waals surface area contributed by atoms with Gasteiger partial charge < -0.3 is 5.11 Å². The van der Waals surface area contributed by atoms with Crippen molar-refractivity contribution in [1.29, 1.82) is 0 Å². The van der Waals surface area contributed by atoms with Gasteiger partial charge in [0.2, 0.25) is 0 Å². The summed E-state index contributed by atoms with van der Waals surface area (Å²) >= 11 is 7.85. The Kier molecular flexibility index (Phi) is 4.07. The molecule has 3 nitrogen and oxygen atoms in total. The van der Waals surface area contributed by atoms with Crippen LogP contribution in [-0.4, -0.2) is 33.7 Å². The third-order valence-corrected chi connectivity index (χ3v) is 6.11. The molecule has 2 aliphatic heterocycles. The minimum absolute atomic E-state index is 0.528. The third-order valence-electron chi connectivity index (χ3n) is 4.66. The summed E-state index contributed by atoms with van der Waals surface area (Å²) in [5.41, 5.74) is 2.23. The van der Waals surface area contributed by atoms with Crippen LogP contribution in [0.2, 0.25) is 5.02 Å². The maximum absolute atomic E-state index is 11.6. The molecule has 1 atom stereocenters. The van der Waals surface area contributed by atoms with Crippen LogP contribution in [-0.2, 0) is 5.72 Å². The third kappa shape index (κ3) is 2.63. The molecule has 0 spiro atoms. The van der Waals surface area contributed by atoms with Gasteiger partial charge in [-0.15, -0.1) is 0 Å². The molecule has 0 amide bonds. The first-order valence-corrected chi connectivity index (χ1v) is 9.54. The molecule has 2 aromatic rings. The Hall–Kier alpha value is -1.49. The Morgan fingerprint density at radius 3 is 2.75 bits per heavy atom. The molecular weight excluding hydrogens is 340 g/mol. The van der Waals surface area contributed by atoms with Gasteiger partial charge in [-0.1, -0.05) is 35.9 Å². The minimum Gasteiger partial charge on any atom is -0.346 e. The minimum atomic E-state index is -1.02. The van der Waals surface area contributed by atoms with Crippen LogP contribution in [0.15, 0.2) is 48.5 Å². The molecule has 0 aliphatic carbocycles. The lowest BCUT2D eigenvalue weighted by Gasteiger charge is -2.24. The summed E-state index contributed by atoms with van der Waals surface area (Å²) in [6.45, 7) is 3.49. The summed E-state index contributed by atoms with van der Waals surface area (Å²) in [5, 5.41) is 13.4. The quantitative estimate of drug-likeness (QED) is 0.826. The van der Waals surface area contributed by atoms with Crippen molar-refractivity contribution in [2.75, 3.05) is 23.7 Å². The van der Waals surface area contributed by atoms with E-state index in [2.05, 4.69) is 40.7 Å². The molecular formula is C19H20ClN2OS+. The predicted octanol–water partition coefficient (Wildman–Crippen LogP) is 3.82. The van der Waals surface area contributed by atoms with Gasteiger partial charge in [0.05, 0.1) is 6.54 Å². The van der Waals surface area contributed by atoms with Gasteiger partial charge in [0.25, 0.3) is 5.72 Å². The molecule has 5 heteroatoms. The molecule has 0 unspecified atom stereocenters. The van der Waals surface area contributed by atoms with Gasteiger partial charge in [-0.25, -0.2) is 9.48 Å². The molecule has 2 heterocycles. The van der Waals surface area contributed by atoms with Gasteiger partial charge in [-0.2, -0.15) is 0 Å². The first-order valence-electron chi connectivity index (χ1n) is 8.18. The Bertz CT molecular complexity index is 805. The number of hydrogen-bond donors (Lipinski definition) is 1. The van der Waals surface area contributed by atoms with Gasteiger partial charge in [0.1, 0.15) is 5.69 Å². The normalized spacial score (nSPS) is 23.5. The largest absolute Gasteiger partial charge is 0.346 e. The molecule has 2 aromatic carbocycles. The fourth-order valence-corrected chi connectivity index (χ4v) is 4.77. The Balaban J connectivity index is 1.80. The predicted molar refractivity (Wildman–Crippen MR) is 101 cm³/mol. The molecule has 124 valence electrons. The second-order valence-corrected chi connectivity index (χ2v) is 7.88.